The molecule has 1 aliphatic rings. The summed E-state index contributed by atoms with van der Waals surface area (Å²) in [5.74, 6) is 0.960. The number of hydrogen-bond donors (Lipinski definition) is 1. The van der Waals surface area contributed by atoms with Crippen LogP contribution >= 0.6 is 0 Å². The lowest BCUT2D eigenvalue weighted by Crippen LogP contribution is -2.39. The van der Waals surface area contributed by atoms with Crippen LogP contribution in [0.4, 0.5) is 0 Å². The smallest absolute Gasteiger partial charge is 0.0107 e. The second kappa shape index (κ2) is 6.49. The summed E-state index contributed by atoms with van der Waals surface area (Å²) in [5.41, 5.74) is 0. The van der Waals surface area contributed by atoms with Crippen LogP contribution in [0.3, 0.4) is 0 Å². The van der Waals surface area contributed by atoms with E-state index in [0.717, 1.165) is 18.5 Å². The van der Waals surface area contributed by atoms with E-state index in [4.69, 9.17) is 0 Å². The van der Waals surface area contributed by atoms with Gasteiger partial charge in [-0.25, -0.2) is 0 Å². The average molecular weight is 212 g/mol. The molecule has 1 aliphatic carbocycles. The van der Waals surface area contributed by atoms with Gasteiger partial charge >= 0.3 is 0 Å². The van der Waals surface area contributed by atoms with E-state index in [1.54, 1.807) is 0 Å². The van der Waals surface area contributed by atoms with Gasteiger partial charge in [0.05, 0.1) is 0 Å². The highest BCUT2D eigenvalue weighted by atomic mass is 15.1. The molecule has 15 heavy (non-hydrogen) atoms. The summed E-state index contributed by atoms with van der Waals surface area (Å²) >= 11 is 0. The van der Waals surface area contributed by atoms with Crippen LogP contribution in [-0.4, -0.2) is 37.1 Å². The molecule has 1 saturated carbocycles. The Balaban J connectivity index is 2.05. The summed E-state index contributed by atoms with van der Waals surface area (Å²) in [6.45, 7) is 9.20. The molecule has 2 heteroatoms. The van der Waals surface area contributed by atoms with Crippen molar-refractivity contribution < 1.29 is 0 Å². The molecule has 0 aromatic carbocycles. The molecule has 0 aromatic rings. The van der Waals surface area contributed by atoms with Crippen LogP contribution in [0, 0.1) is 5.92 Å². The minimum atomic E-state index is 0.665. The lowest BCUT2D eigenvalue weighted by molar-refractivity contribution is 0.253. The zero-order valence-corrected chi connectivity index (χ0v) is 10.9. The van der Waals surface area contributed by atoms with Gasteiger partial charge in [-0.1, -0.05) is 6.92 Å². The Morgan fingerprint density at radius 3 is 2.33 bits per heavy atom. The molecule has 0 bridgehead atoms. The Morgan fingerprint density at radius 2 is 1.80 bits per heavy atom. The molecule has 0 saturated heterocycles. The number of nitrogens with zero attached hydrogens (tertiary/aromatic N) is 1. The van der Waals surface area contributed by atoms with Gasteiger partial charge in [-0.3, -0.25) is 0 Å². The summed E-state index contributed by atoms with van der Waals surface area (Å²) < 4.78 is 0. The Morgan fingerprint density at radius 1 is 1.20 bits per heavy atom. The quantitative estimate of drug-likeness (QED) is 0.753. The lowest BCUT2D eigenvalue weighted by atomic mass is 9.87. The van der Waals surface area contributed by atoms with Crippen molar-refractivity contribution in [3.63, 3.8) is 0 Å². The molecule has 1 fully saturated rings. The summed E-state index contributed by atoms with van der Waals surface area (Å²) in [6.07, 6.45) is 5.59. The van der Waals surface area contributed by atoms with E-state index < -0.39 is 0 Å². The van der Waals surface area contributed by atoms with Crippen LogP contribution in [0.5, 0.6) is 0 Å². The lowest BCUT2D eigenvalue weighted by Gasteiger charge is -2.28. The number of nitrogens with one attached hydrogen (secondary N) is 1. The highest BCUT2D eigenvalue weighted by Crippen LogP contribution is 2.23. The molecular weight excluding hydrogens is 184 g/mol. The molecule has 0 amide bonds. The molecule has 0 unspecified atom stereocenters. The molecule has 0 heterocycles. The molecule has 1 rings (SSSR count). The van der Waals surface area contributed by atoms with Gasteiger partial charge in [0, 0.05) is 25.2 Å². The van der Waals surface area contributed by atoms with E-state index in [-0.39, 0.29) is 0 Å². The number of likely N-dealkylation sites (N-methyl/N-ethyl adjacent to an activating group) is 1. The van der Waals surface area contributed by atoms with E-state index in [0.29, 0.717) is 6.04 Å². The van der Waals surface area contributed by atoms with E-state index >= 15 is 0 Å². The first-order valence-electron chi connectivity index (χ1n) is 6.53. The second-order valence-electron chi connectivity index (χ2n) is 5.49. The first kappa shape index (κ1) is 13.0. The topological polar surface area (TPSA) is 15.3 Å². The number of hydrogen-bond acceptors (Lipinski definition) is 2. The maximum atomic E-state index is 3.69. The van der Waals surface area contributed by atoms with Crippen LogP contribution in [0.25, 0.3) is 0 Å². The summed E-state index contributed by atoms with van der Waals surface area (Å²) in [4.78, 5) is 2.40. The fourth-order valence-corrected chi connectivity index (χ4v) is 2.17. The van der Waals surface area contributed by atoms with Crippen LogP contribution in [0.15, 0.2) is 0 Å². The molecule has 0 aromatic heterocycles. The molecule has 1 N–H and O–H groups in total. The van der Waals surface area contributed by atoms with Gasteiger partial charge in [-0.05, 0) is 52.5 Å². The molecule has 0 aliphatic heterocycles. The zero-order valence-electron chi connectivity index (χ0n) is 10.9. The largest absolute Gasteiger partial charge is 0.313 e. The first-order valence-corrected chi connectivity index (χ1v) is 6.53. The van der Waals surface area contributed by atoms with Crippen molar-refractivity contribution in [2.75, 3.05) is 20.1 Å². The molecule has 0 atom stereocenters. The van der Waals surface area contributed by atoms with Crippen molar-refractivity contribution in [3.8, 4) is 0 Å². The maximum absolute atomic E-state index is 3.69. The first-order chi connectivity index (χ1) is 7.09. The van der Waals surface area contributed by atoms with Crippen molar-refractivity contribution in [2.45, 2.75) is 58.5 Å². The van der Waals surface area contributed by atoms with E-state index in [9.17, 15) is 0 Å². The van der Waals surface area contributed by atoms with Crippen LogP contribution in [0.1, 0.15) is 46.5 Å². The normalized spacial score (nSPS) is 27.6. The zero-order chi connectivity index (χ0) is 11.3. The van der Waals surface area contributed by atoms with Gasteiger partial charge in [0.2, 0.25) is 0 Å². The van der Waals surface area contributed by atoms with Crippen LogP contribution < -0.4 is 5.32 Å². The second-order valence-corrected chi connectivity index (χ2v) is 5.49. The highest BCUT2D eigenvalue weighted by Gasteiger charge is 2.17. The Labute approximate surface area is 95.4 Å². The fraction of sp³-hybridized carbons (Fsp3) is 1.00. The van der Waals surface area contributed by atoms with Gasteiger partial charge < -0.3 is 10.2 Å². The third kappa shape index (κ3) is 4.98. The third-order valence-electron chi connectivity index (χ3n) is 3.79. The Bertz CT molecular complexity index is 160. The van der Waals surface area contributed by atoms with Crippen molar-refractivity contribution >= 4 is 0 Å². The predicted octanol–water partition coefficient (Wildman–Crippen LogP) is 2.49. The highest BCUT2D eigenvalue weighted by molar-refractivity contribution is 4.75. The van der Waals surface area contributed by atoms with Gasteiger partial charge in [0.15, 0.2) is 0 Å². The maximum Gasteiger partial charge on any atom is 0.0107 e. The third-order valence-corrected chi connectivity index (χ3v) is 3.79. The van der Waals surface area contributed by atoms with Crippen LogP contribution in [-0.2, 0) is 0 Å². The summed E-state index contributed by atoms with van der Waals surface area (Å²) in [7, 11) is 2.20. The molecule has 90 valence electrons. The summed E-state index contributed by atoms with van der Waals surface area (Å²) in [5, 5.41) is 3.69. The monoisotopic (exact) mass is 212 g/mol. The minimum absolute atomic E-state index is 0.665. The molecule has 2 nitrogen and oxygen atoms in total. The Hall–Kier alpha value is -0.0800. The van der Waals surface area contributed by atoms with Crippen molar-refractivity contribution in [1.82, 2.24) is 10.2 Å². The number of rotatable bonds is 5. The SMILES string of the molecule is CC1CCC(NCCN(C)C(C)C)CC1. The minimum Gasteiger partial charge on any atom is -0.313 e. The van der Waals surface area contributed by atoms with Crippen molar-refractivity contribution in [2.24, 2.45) is 5.92 Å². The van der Waals surface area contributed by atoms with Crippen molar-refractivity contribution in [1.29, 1.82) is 0 Å². The van der Waals surface area contributed by atoms with E-state index in [1.165, 1.54) is 32.2 Å². The summed E-state index contributed by atoms with van der Waals surface area (Å²) in [6, 6.07) is 1.46. The van der Waals surface area contributed by atoms with Gasteiger partial charge in [0.1, 0.15) is 0 Å². The van der Waals surface area contributed by atoms with Gasteiger partial charge in [0.25, 0.3) is 0 Å². The molecular formula is C13H28N2. The van der Waals surface area contributed by atoms with E-state index in [2.05, 4.69) is 38.0 Å². The predicted molar refractivity (Wildman–Crippen MR) is 67.2 cm³/mol. The molecule has 0 spiro atoms. The van der Waals surface area contributed by atoms with Crippen molar-refractivity contribution in [3.05, 3.63) is 0 Å². The van der Waals surface area contributed by atoms with Crippen LogP contribution in [0.2, 0.25) is 0 Å². The van der Waals surface area contributed by atoms with Gasteiger partial charge in [-0.15, -0.1) is 0 Å². The average Bonchev–Trinajstić information content (AvgIpc) is 2.20. The van der Waals surface area contributed by atoms with E-state index in [1.807, 2.05) is 0 Å². The standard InChI is InChI=1S/C13H28N2/c1-11(2)15(4)10-9-14-13-7-5-12(3)6-8-13/h11-14H,5-10H2,1-4H3. The fourth-order valence-electron chi connectivity index (χ4n) is 2.17. The Kier molecular flexibility index (Phi) is 5.62. The van der Waals surface area contributed by atoms with Gasteiger partial charge in [-0.2, -0.15) is 0 Å². The molecule has 0 radical (unpaired) electrons.